The van der Waals surface area contributed by atoms with E-state index in [0.717, 1.165) is 24.8 Å². The number of hydrogen-bond donors (Lipinski definition) is 2. The van der Waals surface area contributed by atoms with Crippen LogP contribution in [0.2, 0.25) is 0 Å². The summed E-state index contributed by atoms with van der Waals surface area (Å²) in [6.07, 6.45) is 3.01. The lowest BCUT2D eigenvalue weighted by atomic mass is 10.0. The Morgan fingerprint density at radius 1 is 1.10 bits per heavy atom. The Labute approximate surface area is 172 Å². The first-order valence-electron chi connectivity index (χ1n) is 10.3. The summed E-state index contributed by atoms with van der Waals surface area (Å²) in [4.78, 5) is 27.5. The van der Waals surface area contributed by atoms with Crippen molar-refractivity contribution in [3.05, 3.63) is 60.2 Å². The number of anilines is 1. The summed E-state index contributed by atoms with van der Waals surface area (Å²) in [7, 11) is 0. The molecule has 1 unspecified atom stereocenters. The summed E-state index contributed by atoms with van der Waals surface area (Å²) in [5, 5.41) is 5.96. The van der Waals surface area contributed by atoms with Crippen LogP contribution in [0.15, 0.2) is 54.6 Å². The number of para-hydroxylation sites is 2. The Hall–Kier alpha value is -3.02. The second-order valence-electron chi connectivity index (χ2n) is 7.09. The molecule has 1 aliphatic rings. The van der Waals surface area contributed by atoms with Crippen molar-refractivity contribution in [3.63, 3.8) is 0 Å². The largest absolute Gasteiger partial charge is 0.492 e. The van der Waals surface area contributed by atoms with Gasteiger partial charge in [-0.2, -0.15) is 0 Å². The van der Waals surface area contributed by atoms with Gasteiger partial charge in [0, 0.05) is 13.1 Å². The van der Waals surface area contributed by atoms with Gasteiger partial charge in [0.1, 0.15) is 5.75 Å². The van der Waals surface area contributed by atoms with Crippen LogP contribution in [-0.4, -0.2) is 36.5 Å². The Kier molecular flexibility index (Phi) is 7.50. The zero-order chi connectivity index (χ0) is 20.5. The Bertz CT molecular complexity index is 810. The van der Waals surface area contributed by atoms with Gasteiger partial charge in [0.25, 0.3) is 0 Å². The number of hydrogen-bond acceptors (Lipinski definition) is 3. The maximum atomic E-state index is 13.3. The van der Waals surface area contributed by atoms with E-state index in [2.05, 4.69) is 10.6 Å². The molecule has 1 heterocycles. The predicted molar refractivity (Wildman–Crippen MR) is 114 cm³/mol. The van der Waals surface area contributed by atoms with Crippen molar-refractivity contribution in [3.8, 4) is 5.75 Å². The van der Waals surface area contributed by atoms with Gasteiger partial charge >= 0.3 is 6.03 Å². The number of ether oxygens (including phenoxy) is 1. The van der Waals surface area contributed by atoms with E-state index in [1.807, 2.05) is 61.5 Å². The molecule has 3 rings (SSSR count). The molecule has 0 aromatic heterocycles. The minimum Gasteiger partial charge on any atom is -0.492 e. The zero-order valence-corrected chi connectivity index (χ0v) is 16.9. The highest BCUT2D eigenvalue weighted by molar-refractivity contribution is 5.91. The third kappa shape index (κ3) is 5.73. The van der Waals surface area contributed by atoms with Crippen molar-refractivity contribution in [1.29, 1.82) is 0 Å². The molecule has 0 radical (unpaired) electrons. The summed E-state index contributed by atoms with van der Waals surface area (Å²) in [6, 6.07) is 16.6. The Morgan fingerprint density at radius 3 is 2.66 bits per heavy atom. The number of amides is 3. The smallest absolute Gasteiger partial charge is 0.322 e. The molecule has 2 aromatic rings. The van der Waals surface area contributed by atoms with Crippen molar-refractivity contribution in [2.75, 3.05) is 25.0 Å². The van der Waals surface area contributed by atoms with Crippen molar-refractivity contribution in [2.24, 2.45) is 0 Å². The Morgan fingerprint density at radius 2 is 1.86 bits per heavy atom. The highest BCUT2D eigenvalue weighted by Crippen LogP contribution is 2.29. The van der Waals surface area contributed by atoms with Crippen LogP contribution in [-0.2, 0) is 4.79 Å². The van der Waals surface area contributed by atoms with E-state index in [1.54, 1.807) is 4.90 Å². The van der Waals surface area contributed by atoms with Crippen molar-refractivity contribution in [1.82, 2.24) is 10.2 Å². The molecule has 6 nitrogen and oxygen atoms in total. The van der Waals surface area contributed by atoms with Crippen LogP contribution >= 0.6 is 0 Å². The first kappa shape index (κ1) is 20.7. The standard InChI is InChI=1S/C23H29N3O3/c1-2-29-21-14-8-7-13-19(21)25-23(28)26-16-10-4-9-15-24-22(27)17-20(26)18-11-5-3-6-12-18/h3,5-8,11-14,20H,2,4,9-10,15-17H2,1H3,(H,24,27)(H,25,28). The molecule has 1 aliphatic heterocycles. The van der Waals surface area contributed by atoms with E-state index < -0.39 is 0 Å². The molecule has 0 saturated carbocycles. The molecule has 0 aliphatic carbocycles. The minimum absolute atomic E-state index is 0.0340. The summed E-state index contributed by atoms with van der Waals surface area (Å²) < 4.78 is 5.64. The van der Waals surface area contributed by atoms with Gasteiger partial charge in [-0.05, 0) is 43.9 Å². The number of benzene rings is 2. The van der Waals surface area contributed by atoms with Crippen molar-refractivity contribution >= 4 is 17.6 Å². The van der Waals surface area contributed by atoms with E-state index in [1.165, 1.54) is 0 Å². The third-order valence-corrected chi connectivity index (χ3v) is 5.03. The summed E-state index contributed by atoms with van der Waals surface area (Å²) in [5.74, 6) is 0.603. The maximum absolute atomic E-state index is 13.3. The lowest BCUT2D eigenvalue weighted by Gasteiger charge is -2.33. The number of nitrogens with zero attached hydrogens (tertiary/aromatic N) is 1. The molecule has 154 valence electrons. The van der Waals surface area contributed by atoms with E-state index in [0.29, 0.717) is 31.1 Å². The Balaban J connectivity index is 1.88. The van der Waals surface area contributed by atoms with E-state index in [-0.39, 0.29) is 24.4 Å². The molecule has 2 N–H and O–H groups in total. The number of nitrogens with one attached hydrogen (secondary N) is 2. The van der Waals surface area contributed by atoms with Gasteiger partial charge < -0.3 is 20.3 Å². The van der Waals surface area contributed by atoms with Crippen molar-refractivity contribution in [2.45, 2.75) is 38.6 Å². The molecule has 1 saturated heterocycles. The maximum Gasteiger partial charge on any atom is 0.322 e. The minimum atomic E-state index is -0.325. The van der Waals surface area contributed by atoms with Gasteiger partial charge in [-0.3, -0.25) is 4.79 Å². The average molecular weight is 396 g/mol. The van der Waals surface area contributed by atoms with Crippen LogP contribution in [0.5, 0.6) is 5.75 Å². The second-order valence-corrected chi connectivity index (χ2v) is 7.09. The fourth-order valence-electron chi connectivity index (χ4n) is 3.58. The van der Waals surface area contributed by atoms with Crippen LogP contribution in [0.3, 0.4) is 0 Å². The lowest BCUT2D eigenvalue weighted by molar-refractivity contribution is -0.122. The highest BCUT2D eigenvalue weighted by atomic mass is 16.5. The van der Waals surface area contributed by atoms with E-state index in [9.17, 15) is 9.59 Å². The highest BCUT2D eigenvalue weighted by Gasteiger charge is 2.28. The molecule has 0 spiro atoms. The van der Waals surface area contributed by atoms with E-state index in [4.69, 9.17) is 4.74 Å². The van der Waals surface area contributed by atoms with Gasteiger partial charge in [0.2, 0.25) is 5.91 Å². The first-order chi connectivity index (χ1) is 14.2. The molecule has 2 aromatic carbocycles. The second kappa shape index (κ2) is 10.5. The lowest BCUT2D eigenvalue weighted by Crippen LogP contribution is -2.42. The fourth-order valence-corrected chi connectivity index (χ4v) is 3.58. The number of carbonyl (C=O) groups excluding carboxylic acids is 2. The van der Waals surface area contributed by atoms with Crippen LogP contribution in [0.4, 0.5) is 10.5 Å². The molecule has 3 amide bonds. The summed E-state index contributed by atoms with van der Waals surface area (Å²) >= 11 is 0. The molecule has 1 fully saturated rings. The molecular formula is C23H29N3O3. The van der Waals surface area contributed by atoms with Crippen LogP contribution in [0.1, 0.15) is 44.2 Å². The van der Waals surface area contributed by atoms with Gasteiger partial charge in [-0.25, -0.2) is 4.79 Å². The van der Waals surface area contributed by atoms with Crippen LogP contribution in [0, 0.1) is 0 Å². The van der Waals surface area contributed by atoms with Gasteiger partial charge in [-0.1, -0.05) is 42.5 Å². The van der Waals surface area contributed by atoms with E-state index >= 15 is 0 Å². The summed E-state index contributed by atoms with van der Waals surface area (Å²) in [5.41, 5.74) is 1.59. The first-order valence-corrected chi connectivity index (χ1v) is 10.3. The van der Waals surface area contributed by atoms with Gasteiger partial charge in [0.15, 0.2) is 0 Å². The predicted octanol–water partition coefficient (Wildman–Crippen LogP) is 4.35. The third-order valence-electron chi connectivity index (χ3n) is 5.03. The SMILES string of the molecule is CCOc1ccccc1NC(=O)N1CCCCCNC(=O)CC1c1ccccc1. The molecule has 0 bridgehead atoms. The molecule has 6 heteroatoms. The number of rotatable bonds is 4. The summed E-state index contributed by atoms with van der Waals surface area (Å²) in [6.45, 7) is 3.71. The molecular weight excluding hydrogens is 366 g/mol. The topological polar surface area (TPSA) is 70.7 Å². The molecule has 29 heavy (non-hydrogen) atoms. The number of carbonyl (C=O) groups is 2. The van der Waals surface area contributed by atoms with Gasteiger partial charge in [0.05, 0.1) is 24.8 Å². The van der Waals surface area contributed by atoms with Crippen molar-refractivity contribution < 1.29 is 14.3 Å². The van der Waals surface area contributed by atoms with Gasteiger partial charge in [-0.15, -0.1) is 0 Å². The monoisotopic (exact) mass is 395 g/mol. The van der Waals surface area contributed by atoms with Crippen LogP contribution < -0.4 is 15.4 Å². The fraction of sp³-hybridized carbons (Fsp3) is 0.391. The average Bonchev–Trinajstić information content (AvgIpc) is 2.74. The molecule has 1 atom stereocenters. The van der Waals surface area contributed by atoms with Crippen LogP contribution in [0.25, 0.3) is 0 Å². The quantitative estimate of drug-likeness (QED) is 0.808. The normalized spacial score (nSPS) is 17.9. The number of urea groups is 1. The zero-order valence-electron chi connectivity index (χ0n) is 16.9.